The van der Waals surface area contributed by atoms with E-state index in [2.05, 4.69) is 15.3 Å². The molecule has 2 aromatic rings. The lowest BCUT2D eigenvalue weighted by Crippen LogP contribution is -2.40. The summed E-state index contributed by atoms with van der Waals surface area (Å²) in [5.74, 6) is -0.358. The molecule has 2 aliphatic rings. The van der Waals surface area contributed by atoms with Gasteiger partial charge in [0, 0.05) is 18.5 Å². The first-order valence-electron chi connectivity index (χ1n) is 10.1. The fourth-order valence-corrected chi connectivity index (χ4v) is 4.28. The van der Waals surface area contributed by atoms with Crippen LogP contribution >= 0.6 is 0 Å². The largest absolute Gasteiger partial charge is 0.416 e. The van der Waals surface area contributed by atoms with Crippen LogP contribution in [0.15, 0.2) is 30.6 Å². The van der Waals surface area contributed by atoms with Gasteiger partial charge in [-0.15, -0.1) is 0 Å². The highest BCUT2D eigenvalue weighted by Crippen LogP contribution is 2.41. The van der Waals surface area contributed by atoms with Crippen molar-refractivity contribution < 1.29 is 22.7 Å². The normalized spacial score (nSPS) is 20.8. The summed E-state index contributed by atoms with van der Waals surface area (Å²) in [7, 11) is 0. The van der Waals surface area contributed by atoms with Gasteiger partial charge in [-0.1, -0.05) is 18.6 Å². The zero-order valence-corrected chi connectivity index (χ0v) is 16.4. The fourth-order valence-electron chi connectivity index (χ4n) is 4.28. The molecule has 162 valence electrons. The summed E-state index contributed by atoms with van der Waals surface area (Å²) < 4.78 is 53.7. The first kappa shape index (κ1) is 20.8. The minimum absolute atomic E-state index is 0.0433. The van der Waals surface area contributed by atoms with E-state index in [1.54, 1.807) is 4.90 Å². The van der Waals surface area contributed by atoms with Gasteiger partial charge in [0.15, 0.2) is 11.6 Å². The van der Waals surface area contributed by atoms with E-state index in [0.29, 0.717) is 25.1 Å². The van der Waals surface area contributed by atoms with Crippen molar-refractivity contribution in [1.29, 1.82) is 0 Å². The molecule has 1 atom stereocenters. The molecule has 1 aliphatic heterocycles. The molecule has 0 radical (unpaired) electrons. The van der Waals surface area contributed by atoms with Crippen LogP contribution < -0.4 is 10.2 Å². The Balaban J connectivity index is 1.54. The molecule has 1 aromatic carbocycles. The van der Waals surface area contributed by atoms with E-state index in [1.807, 2.05) is 0 Å². The zero-order chi connectivity index (χ0) is 21.4. The first-order chi connectivity index (χ1) is 14.3. The van der Waals surface area contributed by atoms with Crippen LogP contribution in [-0.4, -0.2) is 34.8 Å². The van der Waals surface area contributed by atoms with E-state index >= 15 is 4.39 Å². The highest BCUT2D eigenvalue weighted by atomic mass is 19.4. The van der Waals surface area contributed by atoms with Crippen LogP contribution in [0.3, 0.4) is 0 Å². The van der Waals surface area contributed by atoms with E-state index in [0.717, 1.165) is 37.8 Å². The molecule has 30 heavy (non-hydrogen) atoms. The molecule has 0 amide bonds. The lowest BCUT2D eigenvalue weighted by molar-refractivity contribution is -0.137. The van der Waals surface area contributed by atoms with E-state index in [9.17, 15) is 18.3 Å². The Morgan fingerprint density at radius 3 is 2.47 bits per heavy atom. The second kappa shape index (κ2) is 8.02. The summed E-state index contributed by atoms with van der Waals surface area (Å²) >= 11 is 0. The average molecular weight is 424 g/mol. The van der Waals surface area contributed by atoms with E-state index < -0.39 is 17.6 Å². The molecule has 1 aliphatic carbocycles. The first-order valence-corrected chi connectivity index (χ1v) is 10.1. The number of halogens is 4. The average Bonchev–Trinajstić information content (AvgIpc) is 3.17. The molecule has 9 heteroatoms. The second-order valence-corrected chi connectivity index (χ2v) is 8.20. The molecule has 1 saturated heterocycles. The number of benzene rings is 1. The maximum Gasteiger partial charge on any atom is 0.416 e. The lowest BCUT2D eigenvalue weighted by Gasteiger charge is -2.40. The van der Waals surface area contributed by atoms with Gasteiger partial charge in [0.05, 0.1) is 18.2 Å². The maximum atomic E-state index is 15.2. The van der Waals surface area contributed by atoms with Crippen LogP contribution in [0.5, 0.6) is 0 Å². The van der Waals surface area contributed by atoms with Crippen LogP contribution in [0.1, 0.15) is 49.3 Å². The number of hydrogen-bond acceptors (Lipinski definition) is 5. The standard InChI is InChI=1S/C21H24F4N4O/c22-17-18(26-11-20(12-30)8-2-9-20)27-13-28-19(17)29-10-1-3-16(29)14-4-6-15(7-5-14)21(23,24)25/h4-7,13,16,30H,1-3,8-12H2,(H,26,27,28). The number of alkyl halides is 3. The molecule has 1 aromatic heterocycles. The highest BCUT2D eigenvalue weighted by molar-refractivity contribution is 5.53. The lowest BCUT2D eigenvalue weighted by atomic mass is 9.69. The van der Waals surface area contributed by atoms with Crippen LogP contribution in [-0.2, 0) is 6.18 Å². The monoisotopic (exact) mass is 424 g/mol. The molecule has 2 heterocycles. The summed E-state index contributed by atoms with van der Waals surface area (Å²) in [6.07, 6.45) is 1.20. The summed E-state index contributed by atoms with van der Waals surface area (Å²) in [6, 6.07) is 4.77. The van der Waals surface area contributed by atoms with Gasteiger partial charge in [0.2, 0.25) is 5.82 Å². The second-order valence-electron chi connectivity index (χ2n) is 8.20. The van der Waals surface area contributed by atoms with Crippen molar-refractivity contribution in [2.75, 3.05) is 29.9 Å². The Morgan fingerprint density at radius 1 is 1.13 bits per heavy atom. The Morgan fingerprint density at radius 2 is 1.87 bits per heavy atom. The Labute approximate surface area is 172 Å². The topological polar surface area (TPSA) is 61.3 Å². The Hall–Kier alpha value is -2.42. The third kappa shape index (κ3) is 3.95. The van der Waals surface area contributed by atoms with Gasteiger partial charge in [-0.25, -0.2) is 9.97 Å². The van der Waals surface area contributed by atoms with Crippen molar-refractivity contribution in [3.8, 4) is 0 Å². The molecule has 0 bridgehead atoms. The van der Waals surface area contributed by atoms with Crippen molar-refractivity contribution in [3.05, 3.63) is 47.5 Å². The number of aliphatic hydroxyl groups excluding tert-OH is 1. The van der Waals surface area contributed by atoms with Gasteiger partial charge in [-0.05, 0) is 43.4 Å². The molecule has 2 N–H and O–H groups in total. The van der Waals surface area contributed by atoms with Crippen molar-refractivity contribution in [2.24, 2.45) is 5.41 Å². The minimum Gasteiger partial charge on any atom is -0.396 e. The number of aliphatic hydroxyl groups is 1. The van der Waals surface area contributed by atoms with Gasteiger partial charge in [0.1, 0.15) is 6.33 Å². The van der Waals surface area contributed by atoms with Crippen LogP contribution in [0.4, 0.5) is 29.2 Å². The summed E-state index contributed by atoms with van der Waals surface area (Å²) in [6.45, 7) is 1.03. The number of anilines is 2. The summed E-state index contributed by atoms with van der Waals surface area (Å²) in [4.78, 5) is 9.92. The SMILES string of the molecule is OCC1(CNc2ncnc(N3CCCC3c3ccc(C(F)(F)F)cc3)c2F)CCC1. The number of aromatic nitrogens is 2. The highest BCUT2D eigenvalue weighted by Gasteiger charge is 2.37. The zero-order valence-electron chi connectivity index (χ0n) is 16.4. The number of rotatable bonds is 6. The van der Waals surface area contributed by atoms with Gasteiger partial charge in [-0.2, -0.15) is 17.6 Å². The Bertz CT molecular complexity index is 878. The van der Waals surface area contributed by atoms with Crippen LogP contribution in [0, 0.1) is 11.2 Å². The maximum absolute atomic E-state index is 15.2. The van der Waals surface area contributed by atoms with Gasteiger partial charge < -0.3 is 15.3 Å². The quantitative estimate of drug-likeness (QED) is 0.667. The molecule has 5 nitrogen and oxygen atoms in total. The number of hydrogen-bond donors (Lipinski definition) is 2. The van der Waals surface area contributed by atoms with Crippen molar-refractivity contribution >= 4 is 11.6 Å². The molecule has 2 fully saturated rings. The molecular formula is C21H24F4N4O. The predicted molar refractivity (Wildman–Crippen MR) is 105 cm³/mol. The van der Waals surface area contributed by atoms with Crippen molar-refractivity contribution in [3.63, 3.8) is 0 Å². The molecule has 1 saturated carbocycles. The molecule has 1 unspecified atom stereocenters. The van der Waals surface area contributed by atoms with Crippen molar-refractivity contribution in [1.82, 2.24) is 9.97 Å². The summed E-state index contributed by atoms with van der Waals surface area (Å²) in [5, 5.41) is 12.6. The smallest absolute Gasteiger partial charge is 0.396 e. The third-order valence-corrected chi connectivity index (χ3v) is 6.30. The van der Waals surface area contributed by atoms with Crippen molar-refractivity contribution in [2.45, 2.75) is 44.3 Å². The van der Waals surface area contributed by atoms with Crippen LogP contribution in [0.25, 0.3) is 0 Å². The summed E-state index contributed by atoms with van der Waals surface area (Å²) in [5.41, 5.74) is -0.237. The van der Waals surface area contributed by atoms with Gasteiger partial charge in [0.25, 0.3) is 0 Å². The van der Waals surface area contributed by atoms with Gasteiger partial charge in [-0.3, -0.25) is 0 Å². The Kier molecular flexibility index (Phi) is 5.57. The van der Waals surface area contributed by atoms with E-state index in [1.165, 1.54) is 18.5 Å². The van der Waals surface area contributed by atoms with Crippen LogP contribution in [0.2, 0.25) is 0 Å². The number of nitrogens with zero attached hydrogens (tertiary/aromatic N) is 3. The van der Waals surface area contributed by atoms with Gasteiger partial charge >= 0.3 is 6.18 Å². The molecule has 0 spiro atoms. The van der Waals surface area contributed by atoms with E-state index in [4.69, 9.17) is 0 Å². The molecular weight excluding hydrogens is 400 g/mol. The fraction of sp³-hybridized carbons (Fsp3) is 0.524. The third-order valence-electron chi connectivity index (χ3n) is 6.30. The minimum atomic E-state index is -4.39. The predicted octanol–water partition coefficient (Wildman–Crippen LogP) is 4.55. The number of nitrogens with one attached hydrogen (secondary N) is 1. The van der Waals surface area contributed by atoms with E-state index in [-0.39, 0.29) is 29.7 Å². The molecule has 4 rings (SSSR count).